The summed E-state index contributed by atoms with van der Waals surface area (Å²) in [5, 5.41) is 4.78. The first-order chi connectivity index (χ1) is 11.6. The monoisotopic (exact) mass is 328 g/mol. The molecule has 4 rings (SSSR count). The van der Waals surface area contributed by atoms with Crippen molar-refractivity contribution in [3.8, 4) is 0 Å². The molecule has 3 aromatic rings. The van der Waals surface area contributed by atoms with Crippen molar-refractivity contribution in [2.45, 2.75) is 18.8 Å². The Morgan fingerprint density at radius 2 is 1.96 bits per heavy atom. The van der Waals surface area contributed by atoms with E-state index in [4.69, 9.17) is 0 Å². The highest BCUT2D eigenvalue weighted by Gasteiger charge is 2.23. The second-order valence-corrected chi connectivity index (χ2v) is 6.32. The summed E-state index contributed by atoms with van der Waals surface area (Å²) in [5.41, 5.74) is 2.33. The third-order valence-corrected chi connectivity index (χ3v) is 4.77. The van der Waals surface area contributed by atoms with E-state index in [2.05, 4.69) is 21.2 Å². The first-order valence-corrected chi connectivity index (χ1v) is 8.09. The van der Waals surface area contributed by atoms with E-state index in [0.717, 1.165) is 37.7 Å². The second kappa shape index (κ2) is 5.85. The Balaban J connectivity index is 1.61. The van der Waals surface area contributed by atoms with Crippen molar-refractivity contribution in [3.05, 3.63) is 54.0 Å². The molecule has 0 saturated carbocycles. The predicted octanol–water partition coefficient (Wildman–Crippen LogP) is 3.63. The van der Waals surface area contributed by atoms with Crippen LogP contribution in [0.4, 0.5) is 14.5 Å². The molecule has 0 aliphatic carbocycles. The quantitative estimate of drug-likeness (QED) is 0.720. The molecule has 0 N–H and O–H groups in total. The van der Waals surface area contributed by atoms with Gasteiger partial charge >= 0.3 is 0 Å². The molecule has 24 heavy (non-hydrogen) atoms. The predicted molar refractivity (Wildman–Crippen MR) is 89.1 cm³/mol. The summed E-state index contributed by atoms with van der Waals surface area (Å²) in [7, 11) is 1.92. The summed E-state index contributed by atoms with van der Waals surface area (Å²) < 4.78 is 29.4. The first-order valence-electron chi connectivity index (χ1n) is 8.09. The number of anilines is 1. The summed E-state index contributed by atoms with van der Waals surface area (Å²) in [6.07, 6.45) is 7.56. The second-order valence-electron chi connectivity index (χ2n) is 6.32. The molecule has 0 amide bonds. The van der Waals surface area contributed by atoms with Gasteiger partial charge in [0.1, 0.15) is 11.3 Å². The zero-order chi connectivity index (χ0) is 16.7. The smallest absolute Gasteiger partial charge is 0.152 e. The number of pyridine rings is 1. The number of fused-ring (bicyclic) bond motifs is 1. The highest BCUT2D eigenvalue weighted by atomic mass is 19.1. The van der Waals surface area contributed by atoms with Crippen LogP contribution in [0, 0.1) is 11.6 Å². The molecule has 0 radical (unpaired) electrons. The topological polar surface area (TPSA) is 34.0 Å². The fourth-order valence-electron chi connectivity index (χ4n) is 3.55. The van der Waals surface area contributed by atoms with Crippen molar-refractivity contribution in [2.24, 2.45) is 7.05 Å². The van der Waals surface area contributed by atoms with Crippen molar-refractivity contribution >= 4 is 16.6 Å². The van der Waals surface area contributed by atoms with Crippen LogP contribution in [-0.4, -0.2) is 27.9 Å². The van der Waals surface area contributed by atoms with Gasteiger partial charge in [0, 0.05) is 49.7 Å². The lowest BCUT2D eigenvalue weighted by molar-refractivity contribution is 0.505. The molecule has 2 aromatic heterocycles. The summed E-state index contributed by atoms with van der Waals surface area (Å²) >= 11 is 0. The van der Waals surface area contributed by atoms with Crippen molar-refractivity contribution in [1.29, 1.82) is 0 Å². The van der Waals surface area contributed by atoms with Crippen molar-refractivity contribution in [3.63, 3.8) is 0 Å². The van der Waals surface area contributed by atoms with Crippen LogP contribution in [0.5, 0.6) is 0 Å². The van der Waals surface area contributed by atoms with E-state index in [1.807, 2.05) is 24.0 Å². The average Bonchev–Trinajstić information content (AvgIpc) is 3.01. The minimum absolute atomic E-state index is 0.225. The molecule has 0 spiro atoms. The zero-order valence-electron chi connectivity index (χ0n) is 13.4. The SMILES string of the molecule is Cn1cc(C2CCN(c3ccnc4c(F)cc(F)cc34)CC2)cn1. The summed E-state index contributed by atoms with van der Waals surface area (Å²) in [6.45, 7) is 1.69. The van der Waals surface area contributed by atoms with E-state index in [-0.39, 0.29) is 5.52 Å². The van der Waals surface area contributed by atoms with Crippen LogP contribution in [0.3, 0.4) is 0 Å². The van der Waals surface area contributed by atoms with Crippen LogP contribution in [0.1, 0.15) is 24.3 Å². The third-order valence-electron chi connectivity index (χ3n) is 4.77. The lowest BCUT2D eigenvalue weighted by Gasteiger charge is -2.34. The average molecular weight is 328 g/mol. The van der Waals surface area contributed by atoms with Gasteiger partial charge in [-0.15, -0.1) is 0 Å². The minimum atomic E-state index is -0.614. The summed E-state index contributed by atoms with van der Waals surface area (Å²) in [6, 6.07) is 4.09. The van der Waals surface area contributed by atoms with Crippen molar-refractivity contribution in [1.82, 2.24) is 14.8 Å². The number of halogens is 2. The number of piperidine rings is 1. The third kappa shape index (κ3) is 2.62. The van der Waals surface area contributed by atoms with Crippen LogP contribution in [-0.2, 0) is 7.05 Å². The van der Waals surface area contributed by atoms with Gasteiger partial charge in [-0.2, -0.15) is 5.10 Å². The van der Waals surface area contributed by atoms with Crippen LogP contribution >= 0.6 is 0 Å². The van der Waals surface area contributed by atoms with Gasteiger partial charge in [-0.25, -0.2) is 8.78 Å². The Hall–Kier alpha value is -2.50. The van der Waals surface area contributed by atoms with E-state index >= 15 is 0 Å². The molecule has 0 bridgehead atoms. The Morgan fingerprint density at radius 3 is 2.67 bits per heavy atom. The Labute approximate surface area is 138 Å². The zero-order valence-corrected chi connectivity index (χ0v) is 13.4. The largest absolute Gasteiger partial charge is 0.371 e. The molecule has 0 unspecified atom stereocenters. The normalized spacial score (nSPS) is 16.0. The Bertz CT molecular complexity index is 882. The lowest BCUT2D eigenvalue weighted by Crippen LogP contribution is -2.33. The number of benzene rings is 1. The molecule has 0 atom stereocenters. The molecule has 4 nitrogen and oxygen atoms in total. The van der Waals surface area contributed by atoms with E-state index in [1.165, 1.54) is 11.6 Å². The van der Waals surface area contributed by atoms with Crippen molar-refractivity contribution in [2.75, 3.05) is 18.0 Å². The minimum Gasteiger partial charge on any atom is -0.371 e. The van der Waals surface area contributed by atoms with Crippen LogP contribution < -0.4 is 4.90 Å². The molecule has 124 valence electrons. The van der Waals surface area contributed by atoms with E-state index in [0.29, 0.717) is 11.3 Å². The van der Waals surface area contributed by atoms with Gasteiger partial charge < -0.3 is 4.90 Å². The van der Waals surface area contributed by atoms with Crippen LogP contribution in [0.2, 0.25) is 0 Å². The fraction of sp³-hybridized carbons (Fsp3) is 0.333. The molecule has 1 aliphatic rings. The molecule has 1 aromatic carbocycles. The molecular formula is C18H18F2N4. The van der Waals surface area contributed by atoms with Crippen LogP contribution in [0.25, 0.3) is 10.9 Å². The standard InChI is InChI=1S/C18H18F2N4/c1-23-11-13(10-22-23)12-3-6-24(7-4-12)17-2-5-21-18-15(17)8-14(19)9-16(18)20/h2,5,8-12H,3-4,6-7H2,1H3. The lowest BCUT2D eigenvalue weighted by atomic mass is 9.91. The fourth-order valence-corrected chi connectivity index (χ4v) is 3.55. The van der Waals surface area contributed by atoms with Crippen LogP contribution in [0.15, 0.2) is 36.8 Å². The number of hydrogen-bond acceptors (Lipinski definition) is 3. The number of aromatic nitrogens is 3. The number of aryl methyl sites for hydroxylation is 1. The van der Waals surface area contributed by atoms with Gasteiger partial charge in [-0.05, 0) is 36.5 Å². The van der Waals surface area contributed by atoms with Gasteiger partial charge in [-0.1, -0.05) is 0 Å². The van der Waals surface area contributed by atoms with Gasteiger partial charge in [0.05, 0.1) is 6.20 Å². The first kappa shape index (κ1) is 15.1. The maximum Gasteiger partial charge on any atom is 0.152 e. The van der Waals surface area contributed by atoms with E-state index in [9.17, 15) is 8.78 Å². The highest BCUT2D eigenvalue weighted by Crippen LogP contribution is 2.33. The Kier molecular flexibility index (Phi) is 3.67. The summed E-state index contributed by atoms with van der Waals surface area (Å²) in [5.74, 6) is -0.701. The molecular weight excluding hydrogens is 310 g/mol. The highest BCUT2D eigenvalue weighted by molar-refractivity contribution is 5.92. The van der Waals surface area contributed by atoms with Gasteiger partial charge in [0.2, 0.25) is 0 Å². The maximum atomic E-state index is 13.9. The van der Waals surface area contributed by atoms with Gasteiger partial charge in [0.15, 0.2) is 5.82 Å². The van der Waals surface area contributed by atoms with Crippen molar-refractivity contribution < 1.29 is 8.78 Å². The molecule has 3 heterocycles. The maximum absolute atomic E-state index is 13.9. The molecule has 6 heteroatoms. The number of rotatable bonds is 2. The molecule has 1 saturated heterocycles. The van der Waals surface area contributed by atoms with E-state index < -0.39 is 11.6 Å². The number of hydrogen-bond donors (Lipinski definition) is 0. The van der Waals surface area contributed by atoms with E-state index in [1.54, 1.807) is 6.20 Å². The molecule has 1 aliphatic heterocycles. The number of nitrogens with zero attached hydrogens (tertiary/aromatic N) is 4. The Morgan fingerprint density at radius 1 is 1.17 bits per heavy atom. The summed E-state index contributed by atoms with van der Waals surface area (Å²) in [4.78, 5) is 6.25. The van der Waals surface area contributed by atoms with Gasteiger partial charge in [-0.3, -0.25) is 9.67 Å². The molecule has 1 fully saturated rings. The van der Waals surface area contributed by atoms with Gasteiger partial charge in [0.25, 0.3) is 0 Å².